The van der Waals surface area contributed by atoms with Crippen molar-refractivity contribution in [2.75, 3.05) is 17.2 Å². The maximum Gasteiger partial charge on any atom is 0.225 e. The summed E-state index contributed by atoms with van der Waals surface area (Å²) in [6.07, 6.45) is 8.45. The quantitative estimate of drug-likeness (QED) is 0.603. The minimum absolute atomic E-state index is 0.447. The Hall–Kier alpha value is -3.15. The highest BCUT2D eigenvalue weighted by Gasteiger charge is 2.17. The van der Waals surface area contributed by atoms with Crippen LogP contribution in [0.5, 0.6) is 5.75 Å². The molecule has 1 aliphatic rings. The summed E-state index contributed by atoms with van der Waals surface area (Å²) in [6, 6.07) is 14.2. The van der Waals surface area contributed by atoms with Crippen molar-refractivity contribution in [2.24, 2.45) is 0 Å². The SMILES string of the molecule is CCOc1ccc(Nc2cc(-c3cccnc3)nc(NC3CCCC3)n2)cc1. The number of ether oxygens (including phenoxy) is 1. The molecule has 2 N–H and O–H groups in total. The number of nitrogens with zero attached hydrogens (tertiary/aromatic N) is 3. The van der Waals surface area contributed by atoms with Gasteiger partial charge in [-0.1, -0.05) is 12.8 Å². The lowest BCUT2D eigenvalue weighted by Crippen LogP contribution is -2.17. The molecule has 6 heteroatoms. The molecule has 1 aromatic carbocycles. The molecule has 0 spiro atoms. The fourth-order valence-electron chi connectivity index (χ4n) is 3.44. The second-order valence-corrected chi connectivity index (χ2v) is 6.91. The van der Waals surface area contributed by atoms with Crippen LogP contribution in [0, 0.1) is 0 Å². The molecule has 2 aromatic heterocycles. The highest BCUT2D eigenvalue weighted by molar-refractivity contribution is 5.67. The molecule has 4 rings (SSSR count). The molecule has 0 atom stereocenters. The molecule has 1 fully saturated rings. The van der Waals surface area contributed by atoms with Gasteiger partial charge >= 0.3 is 0 Å². The van der Waals surface area contributed by atoms with Crippen LogP contribution < -0.4 is 15.4 Å². The molecule has 0 radical (unpaired) electrons. The van der Waals surface area contributed by atoms with Gasteiger partial charge in [-0.3, -0.25) is 4.98 Å². The molecular formula is C22H25N5O. The Kier molecular flexibility index (Phi) is 5.66. The van der Waals surface area contributed by atoms with Gasteiger partial charge in [0, 0.05) is 35.8 Å². The topological polar surface area (TPSA) is 72.0 Å². The maximum atomic E-state index is 5.51. The summed E-state index contributed by atoms with van der Waals surface area (Å²) in [7, 11) is 0. The summed E-state index contributed by atoms with van der Waals surface area (Å²) < 4.78 is 5.51. The zero-order valence-corrected chi connectivity index (χ0v) is 16.1. The third-order valence-electron chi connectivity index (χ3n) is 4.81. The third kappa shape index (κ3) is 4.57. The lowest BCUT2D eigenvalue weighted by atomic mass is 10.2. The highest BCUT2D eigenvalue weighted by atomic mass is 16.5. The second-order valence-electron chi connectivity index (χ2n) is 6.91. The minimum atomic E-state index is 0.447. The number of rotatable bonds is 7. The van der Waals surface area contributed by atoms with Crippen LogP contribution in [0.2, 0.25) is 0 Å². The van der Waals surface area contributed by atoms with Crippen molar-refractivity contribution in [3.63, 3.8) is 0 Å². The fraction of sp³-hybridized carbons (Fsp3) is 0.318. The first kappa shape index (κ1) is 18.2. The van der Waals surface area contributed by atoms with Crippen LogP contribution in [0.3, 0.4) is 0 Å². The number of benzene rings is 1. The van der Waals surface area contributed by atoms with Crippen molar-refractivity contribution in [3.8, 4) is 17.0 Å². The fourth-order valence-corrected chi connectivity index (χ4v) is 3.44. The first-order valence-corrected chi connectivity index (χ1v) is 9.86. The predicted molar refractivity (Wildman–Crippen MR) is 112 cm³/mol. The number of hydrogen-bond acceptors (Lipinski definition) is 6. The van der Waals surface area contributed by atoms with Crippen LogP contribution in [0.1, 0.15) is 32.6 Å². The zero-order valence-electron chi connectivity index (χ0n) is 16.1. The Morgan fingerprint density at radius 2 is 1.89 bits per heavy atom. The van der Waals surface area contributed by atoms with Gasteiger partial charge in [0.2, 0.25) is 5.95 Å². The molecule has 1 saturated carbocycles. The second kappa shape index (κ2) is 8.69. The normalized spacial score (nSPS) is 14.0. The maximum absolute atomic E-state index is 5.51. The Morgan fingerprint density at radius 3 is 2.61 bits per heavy atom. The standard InChI is InChI=1S/C22H25N5O/c1-2-28-19-11-9-18(10-12-19)24-21-14-20(16-6-5-13-23-15-16)26-22(27-21)25-17-7-3-4-8-17/h5-6,9-15,17H,2-4,7-8H2,1H3,(H2,24,25,26,27). The lowest BCUT2D eigenvalue weighted by molar-refractivity contribution is 0.340. The smallest absolute Gasteiger partial charge is 0.225 e. The Labute approximate surface area is 165 Å². The van der Waals surface area contributed by atoms with Gasteiger partial charge in [-0.25, -0.2) is 4.98 Å². The predicted octanol–water partition coefficient (Wildman–Crippen LogP) is 5.04. The van der Waals surface area contributed by atoms with Crippen molar-refractivity contribution in [1.29, 1.82) is 0 Å². The van der Waals surface area contributed by atoms with Crippen molar-refractivity contribution in [1.82, 2.24) is 15.0 Å². The van der Waals surface area contributed by atoms with E-state index < -0.39 is 0 Å². The molecule has 6 nitrogen and oxygen atoms in total. The molecule has 0 amide bonds. The number of nitrogens with one attached hydrogen (secondary N) is 2. The highest BCUT2D eigenvalue weighted by Crippen LogP contribution is 2.26. The van der Waals surface area contributed by atoms with Gasteiger partial charge < -0.3 is 15.4 Å². The van der Waals surface area contributed by atoms with E-state index in [0.717, 1.165) is 28.5 Å². The molecule has 28 heavy (non-hydrogen) atoms. The van der Waals surface area contributed by atoms with Crippen LogP contribution in [0.15, 0.2) is 54.9 Å². The Balaban J connectivity index is 1.60. The van der Waals surface area contributed by atoms with Crippen LogP contribution in [-0.2, 0) is 0 Å². The van der Waals surface area contributed by atoms with E-state index in [-0.39, 0.29) is 0 Å². The zero-order chi connectivity index (χ0) is 19.2. The lowest BCUT2D eigenvalue weighted by Gasteiger charge is -2.15. The van der Waals surface area contributed by atoms with Crippen molar-refractivity contribution < 1.29 is 4.74 Å². The first-order chi connectivity index (χ1) is 13.8. The molecule has 1 aliphatic carbocycles. The number of hydrogen-bond donors (Lipinski definition) is 2. The van der Waals surface area contributed by atoms with E-state index in [0.29, 0.717) is 18.6 Å². The van der Waals surface area contributed by atoms with Crippen LogP contribution in [0.4, 0.5) is 17.5 Å². The molecule has 144 valence electrons. The van der Waals surface area contributed by atoms with Gasteiger partial charge in [-0.15, -0.1) is 0 Å². The van der Waals surface area contributed by atoms with E-state index in [9.17, 15) is 0 Å². The van der Waals surface area contributed by atoms with Crippen molar-refractivity contribution in [3.05, 3.63) is 54.9 Å². The molecular weight excluding hydrogens is 350 g/mol. The third-order valence-corrected chi connectivity index (χ3v) is 4.81. The van der Waals surface area contributed by atoms with E-state index in [4.69, 9.17) is 14.7 Å². The van der Waals surface area contributed by atoms with E-state index >= 15 is 0 Å². The van der Waals surface area contributed by atoms with Crippen LogP contribution >= 0.6 is 0 Å². The van der Waals surface area contributed by atoms with Gasteiger partial charge in [-0.2, -0.15) is 4.98 Å². The number of pyridine rings is 1. The van der Waals surface area contributed by atoms with Gasteiger partial charge in [0.1, 0.15) is 11.6 Å². The van der Waals surface area contributed by atoms with E-state index in [2.05, 4.69) is 15.6 Å². The summed E-state index contributed by atoms with van der Waals surface area (Å²) in [4.78, 5) is 13.6. The largest absolute Gasteiger partial charge is 0.494 e. The van der Waals surface area contributed by atoms with Gasteiger partial charge in [0.25, 0.3) is 0 Å². The van der Waals surface area contributed by atoms with Crippen LogP contribution in [-0.4, -0.2) is 27.6 Å². The number of aromatic nitrogens is 3. The Bertz CT molecular complexity index is 893. The molecule has 0 saturated heterocycles. The minimum Gasteiger partial charge on any atom is -0.494 e. The molecule has 0 unspecified atom stereocenters. The number of anilines is 3. The average Bonchev–Trinajstić information content (AvgIpc) is 3.23. The van der Waals surface area contributed by atoms with E-state index in [1.165, 1.54) is 25.7 Å². The van der Waals surface area contributed by atoms with Gasteiger partial charge in [0.15, 0.2) is 0 Å². The average molecular weight is 375 g/mol. The summed E-state index contributed by atoms with van der Waals surface area (Å²) in [5.74, 6) is 2.26. The van der Waals surface area contributed by atoms with Gasteiger partial charge in [0.05, 0.1) is 12.3 Å². The Morgan fingerprint density at radius 1 is 1.07 bits per heavy atom. The van der Waals surface area contributed by atoms with Gasteiger partial charge in [-0.05, 0) is 56.2 Å². The summed E-state index contributed by atoms with van der Waals surface area (Å²) >= 11 is 0. The molecule has 0 aliphatic heterocycles. The van der Waals surface area contributed by atoms with E-state index in [1.54, 1.807) is 6.20 Å². The summed E-state index contributed by atoms with van der Waals surface area (Å²) in [5, 5.41) is 6.88. The molecule has 0 bridgehead atoms. The van der Waals surface area contributed by atoms with Crippen molar-refractivity contribution >= 4 is 17.5 Å². The van der Waals surface area contributed by atoms with E-state index in [1.807, 2.05) is 55.6 Å². The van der Waals surface area contributed by atoms with Crippen molar-refractivity contribution in [2.45, 2.75) is 38.6 Å². The monoisotopic (exact) mass is 375 g/mol. The molecule has 2 heterocycles. The molecule has 3 aromatic rings. The summed E-state index contributed by atoms with van der Waals surface area (Å²) in [6.45, 7) is 2.63. The summed E-state index contributed by atoms with van der Waals surface area (Å²) in [5.41, 5.74) is 2.76. The first-order valence-electron chi connectivity index (χ1n) is 9.86. The van der Waals surface area contributed by atoms with Crippen LogP contribution in [0.25, 0.3) is 11.3 Å².